The van der Waals surface area contributed by atoms with E-state index in [0.717, 1.165) is 17.0 Å². The lowest BCUT2D eigenvalue weighted by atomic mass is 10.2. The average Bonchev–Trinajstić information content (AvgIpc) is 2.74. The van der Waals surface area contributed by atoms with Crippen molar-refractivity contribution in [2.75, 3.05) is 0 Å². The molecule has 0 radical (unpaired) electrons. The predicted molar refractivity (Wildman–Crippen MR) is 81.4 cm³/mol. The van der Waals surface area contributed by atoms with Crippen molar-refractivity contribution in [1.82, 2.24) is 15.1 Å². The molecule has 2 rings (SSSR count). The van der Waals surface area contributed by atoms with Gasteiger partial charge in [-0.2, -0.15) is 5.10 Å². The summed E-state index contributed by atoms with van der Waals surface area (Å²) in [5, 5.41) is 12.0. The Morgan fingerprint density at radius 3 is 2.41 bits per heavy atom. The third-order valence-electron chi connectivity index (χ3n) is 3.14. The van der Waals surface area contributed by atoms with Crippen molar-refractivity contribution in [2.45, 2.75) is 31.8 Å². The number of hydrogen-bond acceptors (Lipinski definition) is 4. The molecule has 0 unspecified atom stereocenters. The number of nitrogens with two attached hydrogens (primary N) is 1. The van der Waals surface area contributed by atoms with Gasteiger partial charge in [-0.05, 0) is 37.6 Å². The Morgan fingerprint density at radius 2 is 1.91 bits per heavy atom. The van der Waals surface area contributed by atoms with Crippen molar-refractivity contribution in [1.29, 1.82) is 0 Å². The van der Waals surface area contributed by atoms with Crippen molar-refractivity contribution < 1.29 is 13.2 Å². The first-order valence-electron chi connectivity index (χ1n) is 6.65. The fourth-order valence-corrected chi connectivity index (χ4v) is 2.54. The normalized spacial score (nSPS) is 11.4. The highest BCUT2D eigenvalue weighted by molar-refractivity contribution is 7.89. The minimum absolute atomic E-state index is 0.0465. The molecule has 0 saturated carbocycles. The second-order valence-corrected chi connectivity index (χ2v) is 6.61. The van der Waals surface area contributed by atoms with Crippen LogP contribution in [-0.2, 0) is 27.9 Å². The minimum atomic E-state index is -3.69. The highest BCUT2D eigenvalue weighted by Gasteiger charge is 2.09. The molecule has 0 aliphatic heterocycles. The molecule has 1 heterocycles. The number of primary sulfonamides is 1. The Balaban J connectivity index is 1.92. The molecule has 1 aromatic heterocycles. The summed E-state index contributed by atoms with van der Waals surface area (Å²) >= 11 is 0. The zero-order valence-corrected chi connectivity index (χ0v) is 13.2. The van der Waals surface area contributed by atoms with E-state index in [0.29, 0.717) is 6.54 Å². The second-order valence-electron chi connectivity index (χ2n) is 5.05. The molecular weight excluding hydrogens is 304 g/mol. The van der Waals surface area contributed by atoms with Gasteiger partial charge in [-0.1, -0.05) is 12.1 Å². The predicted octanol–water partition coefficient (Wildman–Crippen LogP) is 0.464. The molecule has 0 fully saturated rings. The lowest BCUT2D eigenvalue weighted by Gasteiger charge is -2.07. The van der Waals surface area contributed by atoms with Gasteiger partial charge in [-0.25, -0.2) is 13.6 Å². The van der Waals surface area contributed by atoms with E-state index < -0.39 is 10.0 Å². The molecule has 1 aromatic carbocycles. The zero-order chi connectivity index (χ0) is 16.3. The van der Waals surface area contributed by atoms with Crippen LogP contribution in [0.3, 0.4) is 0 Å². The van der Waals surface area contributed by atoms with E-state index >= 15 is 0 Å². The number of nitrogens with one attached hydrogen (secondary N) is 1. The van der Waals surface area contributed by atoms with E-state index in [1.807, 2.05) is 19.9 Å². The lowest BCUT2D eigenvalue weighted by Crippen LogP contribution is -2.28. The van der Waals surface area contributed by atoms with Crippen LogP contribution in [0.5, 0.6) is 0 Å². The van der Waals surface area contributed by atoms with Gasteiger partial charge in [-0.3, -0.25) is 9.48 Å². The number of aromatic nitrogens is 2. The molecule has 0 aliphatic carbocycles. The van der Waals surface area contributed by atoms with Crippen LogP contribution in [0.15, 0.2) is 35.2 Å². The van der Waals surface area contributed by atoms with Gasteiger partial charge in [0.2, 0.25) is 15.9 Å². The minimum Gasteiger partial charge on any atom is -0.350 e. The molecule has 0 spiro atoms. The number of nitrogens with zero attached hydrogens (tertiary/aromatic N) is 2. The summed E-state index contributed by atoms with van der Waals surface area (Å²) < 4.78 is 23.9. The smallest absolute Gasteiger partial charge is 0.242 e. The Kier molecular flexibility index (Phi) is 4.62. The Hall–Kier alpha value is -2.19. The van der Waals surface area contributed by atoms with E-state index in [-0.39, 0.29) is 17.3 Å². The quantitative estimate of drug-likeness (QED) is 0.834. The number of aryl methyl sites for hydroxylation is 2. The van der Waals surface area contributed by atoms with Crippen molar-refractivity contribution in [3.8, 4) is 0 Å². The second kappa shape index (κ2) is 6.29. The van der Waals surface area contributed by atoms with Gasteiger partial charge < -0.3 is 5.32 Å². The number of hydrogen-bond donors (Lipinski definition) is 2. The molecule has 7 nitrogen and oxygen atoms in total. The topological polar surface area (TPSA) is 107 Å². The van der Waals surface area contributed by atoms with Gasteiger partial charge in [0.15, 0.2) is 0 Å². The van der Waals surface area contributed by atoms with Crippen LogP contribution in [0.4, 0.5) is 0 Å². The van der Waals surface area contributed by atoms with Crippen molar-refractivity contribution >= 4 is 15.9 Å². The zero-order valence-electron chi connectivity index (χ0n) is 12.4. The molecule has 22 heavy (non-hydrogen) atoms. The summed E-state index contributed by atoms with van der Waals surface area (Å²) in [7, 11) is -3.69. The van der Waals surface area contributed by atoms with Gasteiger partial charge in [-0.15, -0.1) is 0 Å². The molecular formula is C14H18N4O3S. The summed E-state index contributed by atoms with van der Waals surface area (Å²) in [6.45, 7) is 4.21. The first-order chi connectivity index (χ1) is 10.3. The summed E-state index contributed by atoms with van der Waals surface area (Å²) in [5.74, 6) is -0.165. The maximum atomic E-state index is 11.9. The van der Waals surface area contributed by atoms with Crippen LogP contribution in [0.2, 0.25) is 0 Å². The molecule has 0 aliphatic rings. The molecule has 8 heteroatoms. The highest BCUT2D eigenvalue weighted by atomic mass is 32.2. The number of amides is 1. The third-order valence-corrected chi connectivity index (χ3v) is 4.07. The fourth-order valence-electron chi connectivity index (χ4n) is 2.02. The Labute approximate surface area is 129 Å². The maximum absolute atomic E-state index is 11.9. The van der Waals surface area contributed by atoms with Gasteiger partial charge in [0.25, 0.3) is 0 Å². The monoisotopic (exact) mass is 322 g/mol. The largest absolute Gasteiger partial charge is 0.350 e. The van der Waals surface area contributed by atoms with Gasteiger partial charge in [0, 0.05) is 12.2 Å². The van der Waals surface area contributed by atoms with Crippen LogP contribution >= 0.6 is 0 Å². The fraction of sp³-hybridized carbons (Fsp3) is 0.286. The Morgan fingerprint density at radius 1 is 1.27 bits per heavy atom. The van der Waals surface area contributed by atoms with Gasteiger partial charge in [0.1, 0.15) is 6.54 Å². The SMILES string of the molecule is Cc1cc(C)n(CC(=O)NCc2ccc(S(N)(=O)=O)cc2)n1. The summed E-state index contributed by atoms with van der Waals surface area (Å²) in [5.41, 5.74) is 2.57. The lowest BCUT2D eigenvalue weighted by molar-refractivity contribution is -0.122. The number of carbonyl (C=O) groups is 1. The molecule has 3 N–H and O–H groups in total. The van der Waals surface area contributed by atoms with Crippen LogP contribution < -0.4 is 10.5 Å². The summed E-state index contributed by atoms with van der Waals surface area (Å²) in [6.07, 6.45) is 0. The standard InChI is InChI=1S/C14H18N4O3S/c1-10-7-11(2)18(17-10)9-14(19)16-8-12-3-5-13(6-4-12)22(15,20)21/h3-7H,8-9H2,1-2H3,(H,16,19)(H2,15,20,21). The van der Waals surface area contributed by atoms with Crippen LogP contribution in [-0.4, -0.2) is 24.1 Å². The van der Waals surface area contributed by atoms with E-state index in [9.17, 15) is 13.2 Å². The van der Waals surface area contributed by atoms with Crippen LogP contribution in [0.1, 0.15) is 17.0 Å². The van der Waals surface area contributed by atoms with Gasteiger partial charge in [0.05, 0.1) is 10.6 Å². The molecule has 0 atom stereocenters. The molecule has 0 saturated heterocycles. The Bertz CT molecular complexity index is 779. The van der Waals surface area contributed by atoms with E-state index in [4.69, 9.17) is 5.14 Å². The average molecular weight is 322 g/mol. The van der Waals surface area contributed by atoms with Crippen LogP contribution in [0.25, 0.3) is 0 Å². The first kappa shape index (κ1) is 16.2. The number of sulfonamides is 1. The summed E-state index contributed by atoms with van der Waals surface area (Å²) in [6, 6.07) is 7.96. The van der Waals surface area contributed by atoms with Crippen molar-refractivity contribution in [3.63, 3.8) is 0 Å². The van der Waals surface area contributed by atoms with Crippen molar-refractivity contribution in [3.05, 3.63) is 47.3 Å². The maximum Gasteiger partial charge on any atom is 0.242 e. The highest BCUT2D eigenvalue weighted by Crippen LogP contribution is 2.08. The summed E-state index contributed by atoms with van der Waals surface area (Å²) in [4.78, 5) is 11.9. The van der Waals surface area contributed by atoms with Crippen LogP contribution in [0, 0.1) is 13.8 Å². The molecule has 0 bridgehead atoms. The van der Waals surface area contributed by atoms with E-state index in [1.165, 1.54) is 12.1 Å². The first-order valence-corrected chi connectivity index (χ1v) is 8.20. The third kappa shape index (κ3) is 4.15. The number of rotatable bonds is 5. The van der Waals surface area contributed by atoms with Crippen molar-refractivity contribution in [2.24, 2.45) is 5.14 Å². The number of benzene rings is 1. The molecule has 1 amide bonds. The van der Waals surface area contributed by atoms with E-state index in [1.54, 1.807) is 16.8 Å². The van der Waals surface area contributed by atoms with E-state index in [2.05, 4.69) is 10.4 Å². The number of carbonyl (C=O) groups excluding carboxylic acids is 1. The molecule has 118 valence electrons. The molecule has 2 aromatic rings. The van der Waals surface area contributed by atoms with Gasteiger partial charge >= 0.3 is 0 Å².